The Morgan fingerprint density at radius 3 is 2.33 bits per heavy atom. The lowest BCUT2D eigenvalue weighted by Crippen LogP contribution is -2.45. The summed E-state index contributed by atoms with van der Waals surface area (Å²) in [5, 5.41) is 18.8. The highest BCUT2D eigenvalue weighted by Gasteiger charge is 2.49. The molecule has 0 aromatic heterocycles. The lowest BCUT2D eigenvalue weighted by molar-refractivity contribution is -0.163. The molecule has 2 saturated heterocycles. The predicted octanol–water partition coefficient (Wildman–Crippen LogP) is 1.21. The minimum Gasteiger partial charge on any atom is -0.383 e. The minimum absolute atomic E-state index is 0.217. The topological polar surface area (TPSA) is 77.4 Å². The number of aliphatic hydroxyl groups is 2. The average molecular weight is 304 g/mol. The fourth-order valence-corrected chi connectivity index (χ4v) is 2.15. The van der Waals surface area contributed by atoms with Gasteiger partial charge in [0.15, 0.2) is 11.6 Å². The lowest BCUT2D eigenvalue weighted by Gasteiger charge is -2.29. The van der Waals surface area contributed by atoms with Gasteiger partial charge in [0.1, 0.15) is 17.8 Å². The Kier molecular flexibility index (Phi) is 5.94. The van der Waals surface area contributed by atoms with Crippen LogP contribution in [0.2, 0.25) is 0 Å². The Hall–Kier alpha value is -0.500. The van der Waals surface area contributed by atoms with E-state index in [0.717, 1.165) is 0 Å². The van der Waals surface area contributed by atoms with Crippen molar-refractivity contribution < 1.29 is 29.2 Å². The zero-order valence-electron chi connectivity index (χ0n) is 13.6. The Morgan fingerprint density at radius 2 is 1.95 bits per heavy atom. The van der Waals surface area contributed by atoms with Crippen molar-refractivity contribution in [3.8, 4) is 0 Å². The molecule has 0 aliphatic carbocycles. The zero-order chi connectivity index (χ0) is 16.3. The van der Waals surface area contributed by atoms with Crippen molar-refractivity contribution in [3.63, 3.8) is 0 Å². The van der Waals surface area contributed by atoms with Crippen molar-refractivity contribution in [3.05, 3.63) is 12.7 Å². The zero-order valence-corrected chi connectivity index (χ0v) is 13.6. The molecule has 2 aliphatic heterocycles. The highest BCUT2D eigenvalue weighted by molar-refractivity contribution is 5.08. The van der Waals surface area contributed by atoms with E-state index in [4.69, 9.17) is 19.3 Å². The molecule has 0 bridgehead atoms. The summed E-state index contributed by atoms with van der Waals surface area (Å²) in [6, 6.07) is 0. The lowest BCUT2D eigenvalue weighted by atomic mass is 9.92. The van der Waals surface area contributed by atoms with Crippen LogP contribution in [-0.4, -0.2) is 59.9 Å². The SMILES string of the molecule is C=CC1(O)CCOC1C1COC(C)(C)O1.COC(C)(C)O. The van der Waals surface area contributed by atoms with E-state index in [0.29, 0.717) is 19.6 Å². The van der Waals surface area contributed by atoms with E-state index in [-0.39, 0.29) is 12.2 Å². The molecule has 3 unspecified atom stereocenters. The summed E-state index contributed by atoms with van der Waals surface area (Å²) in [5.41, 5.74) is -0.978. The molecule has 124 valence electrons. The first kappa shape index (κ1) is 18.5. The summed E-state index contributed by atoms with van der Waals surface area (Å²) in [4.78, 5) is 0. The van der Waals surface area contributed by atoms with Crippen molar-refractivity contribution in [1.82, 2.24) is 0 Å². The normalized spacial score (nSPS) is 35.2. The van der Waals surface area contributed by atoms with Gasteiger partial charge < -0.3 is 29.2 Å². The maximum Gasteiger partial charge on any atom is 0.163 e. The van der Waals surface area contributed by atoms with Crippen molar-refractivity contribution in [2.45, 2.75) is 63.5 Å². The molecule has 0 radical (unpaired) electrons. The second kappa shape index (κ2) is 6.73. The van der Waals surface area contributed by atoms with Crippen LogP contribution in [0.4, 0.5) is 0 Å². The molecule has 6 nitrogen and oxygen atoms in total. The fraction of sp³-hybridized carbons (Fsp3) is 0.867. The first-order valence-electron chi connectivity index (χ1n) is 7.10. The third-order valence-electron chi connectivity index (χ3n) is 3.51. The van der Waals surface area contributed by atoms with Gasteiger partial charge >= 0.3 is 0 Å². The van der Waals surface area contributed by atoms with Gasteiger partial charge in [-0.15, -0.1) is 6.58 Å². The highest BCUT2D eigenvalue weighted by Crippen LogP contribution is 2.35. The maximum absolute atomic E-state index is 10.2. The molecule has 3 atom stereocenters. The van der Waals surface area contributed by atoms with Crippen LogP contribution in [0.25, 0.3) is 0 Å². The molecule has 6 heteroatoms. The van der Waals surface area contributed by atoms with Crippen LogP contribution in [0, 0.1) is 0 Å². The summed E-state index contributed by atoms with van der Waals surface area (Å²) < 4.78 is 21.1. The molecule has 2 N–H and O–H groups in total. The smallest absolute Gasteiger partial charge is 0.163 e. The van der Waals surface area contributed by atoms with Crippen LogP contribution >= 0.6 is 0 Å². The quantitative estimate of drug-likeness (QED) is 0.603. The summed E-state index contributed by atoms with van der Waals surface area (Å²) >= 11 is 0. The third kappa shape index (κ3) is 5.32. The molecule has 2 rings (SSSR count). The van der Waals surface area contributed by atoms with Gasteiger partial charge in [-0.3, -0.25) is 0 Å². The highest BCUT2D eigenvalue weighted by atomic mass is 16.8. The predicted molar refractivity (Wildman–Crippen MR) is 77.7 cm³/mol. The fourth-order valence-electron chi connectivity index (χ4n) is 2.15. The summed E-state index contributed by atoms with van der Waals surface area (Å²) in [6.07, 6.45) is 1.53. The maximum atomic E-state index is 10.2. The summed E-state index contributed by atoms with van der Waals surface area (Å²) in [7, 11) is 1.46. The van der Waals surface area contributed by atoms with E-state index in [9.17, 15) is 5.11 Å². The summed E-state index contributed by atoms with van der Waals surface area (Å²) in [6.45, 7) is 11.5. The van der Waals surface area contributed by atoms with E-state index >= 15 is 0 Å². The molecule has 0 amide bonds. The van der Waals surface area contributed by atoms with Crippen LogP contribution in [0.3, 0.4) is 0 Å². The Labute approximate surface area is 126 Å². The van der Waals surface area contributed by atoms with E-state index in [1.54, 1.807) is 19.9 Å². The number of methoxy groups -OCH3 is 1. The largest absolute Gasteiger partial charge is 0.383 e. The van der Waals surface area contributed by atoms with Crippen molar-refractivity contribution in [2.75, 3.05) is 20.3 Å². The van der Waals surface area contributed by atoms with E-state index in [2.05, 4.69) is 11.3 Å². The van der Waals surface area contributed by atoms with Crippen molar-refractivity contribution >= 4 is 0 Å². The van der Waals surface area contributed by atoms with Crippen LogP contribution in [0.1, 0.15) is 34.1 Å². The van der Waals surface area contributed by atoms with Gasteiger partial charge in [0.25, 0.3) is 0 Å². The average Bonchev–Trinajstić information content (AvgIpc) is 2.93. The van der Waals surface area contributed by atoms with Gasteiger partial charge in [0, 0.05) is 13.5 Å². The second-order valence-electron chi connectivity index (χ2n) is 6.25. The van der Waals surface area contributed by atoms with Crippen LogP contribution in [0.15, 0.2) is 12.7 Å². The molecule has 0 aromatic rings. The van der Waals surface area contributed by atoms with Gasteiger partial charge in [-0.1, -0.05) is 6.08 Å². The van der Waals surface area contributed by atoms with Crippen LogP contribution in [-0.2, 0) is 18.9 Å². The first-order valence-corrected chi connectivity index (χ1v) is 7.10. The first-order chi connectivity index (χ1) is 9.53. The van der Waals surface area contributed by atoms with E-state index in [1.807, 2.05) is 13.8 Å². The molecule has 0 aromatic carbocycles. The second-order valence-corrected chi connectivity index (χ2v) is 6.25. The van der Waals surface area contributed by atoms with Gasteiger partial charge in [0.2, 0.25) is 0 Å². The van der Waals surface area contributed by atoms with Gasteiger partial charge in [-0.2, -0.15) is 0 Å². The third-order valence-corrected chi connectivity index (χ3v) is 3.51. The Morgan fingerprint density at radius 1 is 1.38 bits per heavy atom. The summed E-state index contributed by atoms with van der Waals surface area (Å²) in [5.74, 6) is -1.54. The molecular formula is C15H28O6. The van der Waals surface area contributed by atoms with Gasteiger partial charge in [-0.05, 0) is 27.7 Å². The van der Waals surface area contributed by atoms with Crippen LogP contribution < -0.4 is 0 Å². The standard InChI is InChI=1S/C11H18O4.C4H10O2/c1-4-11(12)5-6-13-9(11)8-7-14-10(2,3)15-8;1-4(2,5)6-3/h4,8-9,12H,1,5-7H2,2-3H3;5H,1-3H3. The van der Waals surface area contributed by atoms with Crippen molar-refractivity contribution in [2.24, 2.45) is 0 Å². The molecule has 2 fully saturated rings. The van der Waals surface area contributed by atoms with Gasteiger partial charge in [0.05, 0.1) is 13.2 Å². The number of hydrogen-bond acceptors (Lipinski definition) is 6. The minimum atomic E-state index is -0.978. The molecule has 0 spiro atoms. The number of rotatable bonds is 3. The molecule has 2 aliphatic rings. The van der Waals surface area contributed by atoms with E-state index in [1.165, 1.54) is 7.11 Å². The molecule has 21 heavy (non-hydrogen) atoms. The monoisotopic (exact) mass is 304 g/mol. The van der Waals surface area contributed by atoms with E-state index < -0.39 is 17.2 Å². The Bertz CT molecular complexity index is 349. The molecule has 0 saturated carbocycles. The Balaban J connectivity index is 0.000000315. The van der Waals surface area contributed by atoms with Crippen LogP contribution in [0.5, 0.6) is 0 Å². The molecular weight excluding hydrogens is 276 g/mol. The number of hydrogen-bond donors (Lipinski definition) is 2. The molecule has 2 heterocycles. The number of ether oxygens (including phenoxy) is 4. The van der Waals surface area contributed by atoms with Crippen molar-refractivity contribution in [1.29, 1.82) is 0 Å². The van der Waals surface area contributed by atoms with Gasteiger partial charge in [-0.25, -0.2) is 0 Å².